The second-order valence-electron chi connectivity index (χ2n) is 6.84. The zero-order chi connectivity index (χ0) is 20.6. The van der Waals surface area contributed by atoms with E-state index in [2.05, 4.69) is 30.2 Å². The number of hydrogen-bond donors (Lipinski definition) is 0. The molecule has 0 N–H and O–H groups in total. The summed E-state index contributed by atoms with van der Waals surface area (Å²) >= 11 is 0. The van der Waals surface area contributed by atoms with E-state index in [1.54, 1.807) is 4.68 Å². The minimum Gasteiger partial charge on any atom is -0.416 e. The Morgan fingerprint density at radius 3 is 2.34 bits per heavy atom. The lowest BCUT2D eigenvalue weighted by Crippen LogP contribution is -2.46. The van der Waals surface area contributed by atoms with Crippen molar-refractivity contribution in [2.24, 2.45) is 0 Å². The van der Waals surface area contributed by atoms with Crippen LogP contribution in [0.5, 0.6) is 0 Å². The van der Waals surface area contributed by atoms with Crippen molar-refractivity contribution >= 4 is 5.82 Å². The van der Waals surface area contributed by atoms with E-state index in [4.69, 9.17) is 4.42 Å². The fraction of sp³-hybridized carbons (Fsp3) is 0.471. The Hall–Kier alpha value is -3.02. The average Bonchev–Trinajstić information content (AvgIpc) is 3.28. The van der Waals surface area contributed by atoms with Crippen LogP contribution in [0, 0.1) is 13.8 Å². The molecule has 0 amide bonds. The Labute approximate surface area is 164 Å². The predicted molar refractivity (Wildman–Crippen MR) is 95.4 cm³/mol. The number of aromatic nitrogens is 6. The summed E-state index contributed by atoms with van der Waals surface area (Å²) in [5, 5.41) is 11.0. The van der Waals surface area contributed by atoms with Gasteiger partial charge in [0.2, 0.25) is 5.89 Å². The number of alkyl halides is 3. The highest BCUT2D eigenvalue weighted by Gasteiger charge is 2.38. The monoisotopic (exact) mass is 408 g/mol. The molecule has 4 rings (SSSR count). The lowest BCUT2D eigenvalue weighted by molar-refractivity contribution is -0.157. The predicted octanol–water partition coefficient (Wildman–Crippen LogP) is 2.00. The van der Waals surface area contributed by atoms with Crippen molar-refractivity contribution in [1.82, 2.24) is 34.8 Å². The third-order valence-corrected chi connectivity index (χ3v) is 4.63. The summed E-state index contributed by atoms with van der Waals surface area (Å²) in [5.41, 5.74) is 1.89. The maximum Gasteiger partial charge on any atom is 0.470 e. The standard InChI is InChI=1S/C17H19F3N8O/c1-11-7-12(2)28(25-11)14-8-13(21-10-22-14)27-5-3-26(4-6-27)9-15-23-24-16(29-15)17(18,19)20/h7-8,10H,3-6,9H2,1-2H3. The topological polar surface area (TPSA) is 89.0 Å². The Morgan fingerprint density at radius 2 is 1.72 bits per heavy atom. The highest BCUT2D eigenvalue weighted by atomic mass is 19.4. The van der Waals surface area contributed by atoms with Crippen LogP contribution in [-0.4, -0.2) is 61.0 Å². The summed E-state index contributed by atoms with van der Waals surface area (Å²) in [4.78, 5) is 12.7. The van der Waals surface area contributed by atoms with Gasteiger partial charge >= 0.3 is 12.1 Å². The Balaban J connectivity index is 1.39. The molecule has 3 aromatic heterocycles. The Kier molecular flexibility index (Phi) is 4.94. The first-order chi connectivity index (χ1) is 13.8. The maximum absolute atomic E-state index is 12.6. The molecular formula is C17H19F3N8O. The number of rotatable bonds is 4. The van der Waals surface area contributed by atoms with Crippen molar-refractivity contribution < 1.29 is 17.6 Å². The Bertz CT molecular complexity index is 991. The summed E-state index contributed by atoms with van der Waals surface area (Å²) in [5.74, 6) is 0.108. The minimum atomic E-state index is -4.62. The van der Waals surface area contributed by atoms with Crippen LogP contribution < -0.4 is 4.90 Å². The van der Waals surface area contributed by atoms with E-state index < -0.39 is 12.1 Å². The van der Waals surface area contributed by atoms with Gasteiger partial charge in [0.1, 0.15) is 12.1 Å². The quantitative estimate of drug-likeness (QED) is 0.648. The number of aryl methyl sites for hydroxylation is 2. The molecule has 0 atom stereocenters. The average molecular weight is 408 g/mol. The zero-order valence-corrected chi connectivity index (χ0v) is 15.9. The van der Waals surface area contributed by atoms with Gasteiger partial charge in [-0.05, 0) is 19.9 Å². The Morgan fingerprint density at radius 1 is 1.00 bits per heavy atom. The van der Waals surface area contributed by atoms with E-state index >= 15 is 0 Å². The first kappa shape index (κ1) is 19.3. The SMILES string of the molecule is Cc1cc(C)n(-c2cc(N3CCN(Cc4nnc(C(F)(F)F)o4)CC3)ncn2)n1. The van der Waals surface area contributed by atoms with Gasteiger partial charge in [-0.1, -0.05) is 0 Å². The van der Waals surface area contributed by atoms with Crippen molar-refractivity contribution in [2.45, 2.75) is 26.6 Å². The first-order valence-corrected chi connectivity index (χ1v) is 9.02. The molecule has 0 aliphatic carbocycles. The van der Waals surface area contributed by atoms with Crippen molar-refractivity contribution in [3.8, 4) is 5.82 Å². The summed E-state index contributed by atoms with van der Waals surface area (Å²) < 4.78 is 44.2. The largest absolute Gasteiger partial charge is 0.470 e. The molecule has 0 spiro atoms. The molecule has 0 unspecified atom stereocenters. The van der Waals surface area contributed by atoms with Crippen molar-refractivity contribution in [3.63, 3.8) is 0 Å². The molecule has 0 saturated carbocycles. The van der Waals surface area contributed by atoms with Gasteiger partial charge in [-0.25, -0.2) is 14.6 Å². The van der Waals surface area contributed by atoms with Gasteiger partial charge in [-0.3, -0.25) is 4.90 Å². The summed E-state index contributed by atoms with van der Waals surface area (Å²) in [6.07, 6.45) is -3.12. The van der Waals surface area contributed by atoms with Crippen LogP contribution in [0.1, 0.15) is 23.2 Å². The molecule has 9 nitrogen and oxygen atoms in total. The van der Waals surface area contributed by atoms with Gasteiger partial charge in [0.15, 0.2) is 5.82 Å². The number of piperazine rings is 1. The van der Waals surface area contributed by atoms with Crippen LogP contribution in [0.4, 0.5) is 19.0 Å². The van der Waals surface area contributed by atoms with E-state index in [-0.39, 0.29) is 12.4 Å². The van der Waals surface area contributed by atoms with E-state index in [0.29, 0.717) is 32.0 Å². The molecule has 1 fully saturated rings. The summed E-state index contributed by atoms with van der Waals surface area (Å²) in [6, 6.07) is 3.85. The molecule has 0 aromatic carbocycles. The van der Waals surface area contributed by atoms with E-state index in [1.165, 1.54) is 6.33 Å². The van der Waals surface area contributed by atoms with Gasteiger partial charge < -0.3 is 9.32 Å². The van der Waals surface area contributed by atoms with Crippen LogP contribution in [0.15, 0.2) is 22.9 Å². The second-order valence-corrected chi connectivity index (χ2v) is 6.84. The summed E-state index contributed by atoms with van der Waals surface area (Å²) in [6.45, 7) is 6.64. The van der Waals surface area contributed by atoms with Crippen LogP contribution in [0.3, 0.4) is 0 Å². The molecule has 12 heteroatoms. The normalized spacial score (nSPS) is 15.8. The smallest absolute Gasteiger partial charge is 0.416 e. The van der Waals surface area contributed by atoms with E-state index in [0.717, 1.165) is 17.2 Å². The minimum absolute atomic E-state index is 0.0420. The van der Waals surface area contributed by atoms with E-state index in [1.807, 2.05) is 30.9 Å². The van der Waals surface area contributed by atoms with Crippen LogP contribution in [0.25, 0.3) is 5.82 Å². The van der Waals surface area contributed by atoms with Crippen LogP contribution >= 0.6 is 0 Å². The molecule has 1 aliphatic rings. The zero-order valence-electron chi connectivity index (χ0n) is 15.9. The van der Waals surface area contributed by atoms with Gasteiger partial charge in [0, 0.05) is 37.9 Å². The fourth-order valence-electron chi connectivity index (χ4n) is 3.25. The van der Waals surface area contributed by atoms with Crippen LogP contribution in [0.2, 0.25) is 0 Å². The number of halogens is 3. The van der Waals surface area contributed by atoms with Crippen LogP contribution in [-0.2, 0) is 12.7 Å². The second kappa shape index (κ2) is 7.43. The maximum atomic E-state index is 12.6. The number of anilines is 1. The highest BCUT2D eigenvalue weighted by molar-refractivity contribution is 5.44. The molecule has 29 heavy (non-hydrogen) atoms. The summed E-state index contributed by atoms with van der Waals surface area (Å²) in [7, 11) is 0. The first-order valence-electron chi connectivity index (χ1n) is 9.02. The van der Waals surface area contributed by atoms with Crippen molar-refractivity contribution in [2.75, 3.05) is 31.1 Å². The molecule has 1 saturated heterocycles. The van der Waals surface area contributed by atoms with E-state index in [9.17, 15) is 13.2 Å². The molecule has 3 aromatic rings. The lowest BCUT2D eigenvalue weighted by atomic mass is 10.3. The number of nitrogens with zero attached hydrogens (tertiary/aromatic N) is 8. The lowest BCUT2D eigenvalue weighted by Gasteiger charge is -2.34. The van der Waals surface area contributed by atoms with Gasteiger partial charge in [0.05, 0.1) is 12.2 Å². The molecule has 0 bridgehead atoms. The molecule has 4 heterocycles. The highest BCUT2D eigenvalue weighted by Crippen LogP contribution is 2.28. The van der Waals surface area contributed by atoms with Gasteiger partial charge in [0.25, 0.3) is 0 Å². The van der Waals surface area contributed by atoms with Crippen molar-refractivity contribution in [3.05, 3.63) is 41.6 Å². The van der Waals surface area contributed by atoms with Crippen molar-refractivity contribution in [1.29, 1.82) is 0 Å². The molecular weight excluding hydrogens is 389 g/mol. The van der Waals surface area contributed by atoms with Gasteiger partial charge in [-0.2, -0.15) is 18.3 Å². The molecule has 0 radical (unpaired) electrons. The fourth-order valence-corrected chi connectivity index (χ4v) is 3.25. The third-order valence-electron chi connectivity index (χ3n) is 4.63. The molecule has 1 aliphatic heterocycles. The molecule has 154 valence electrons. The number of hydrogen-bond acceptors (Lipinski definition) is 8. The third kappa shape index (κ3) is 4.21. The van der Waals surface area contributed by atoms with Gasteiger partial charge in [-0.15, -0.1) is 10.2 Å².